The summed E-state index contributed by atoms with van der Waals surface area (Å²) in [6, 6.07) is 13.0. The van der Waals surface area contributed by atoms with Crippen LogP contribution in [0.25, 0.3) is 0 Å². The van der Waals surface area contributed by atoms with Gasteiger partial charge in [0.25, 0.3) is 5.56 Å². The molecule has 12 nitrogen and oxygen atoms in total. The van der Waals surface area contributed by atoms with Crippen molar-refractivity contribution in [2.75, 3.05) is 43.8 Å². The number of amides is 1. The van der Waals surface area contributed by atoms with E-state index in [9.17, 15) is 24.0 Å². The molecule has 0 spiro atoms. The van der Waals surface area contributed by atoms with E-state index in [4.69, 9.17) is 5.73 Å². The number of nitrogen functional groups attached to an aromatic ring is 1. The maximum Gasteiger partial charge on any atom is 0.337 e. The Morgan fingerprint density at radius 3 is 2.14 bits per heavy atom. The molecule has 0 saturated carbocycles. The quantitative estimate of drug-likeness (QED) is 0.383. The molecular formula is C24H25N5O7. The van der Waals surface area contributed by atoms with Gasteiger partial charge in [-0.25, -0.2) is 14.4 Å². The number of aromatic nitrogens is 2. The monoisotopic (exact) mass is 495 g/mol. The Kier molecular flexibility index (Phi) is 7.89. The molecule has 0 aliphatic rings. The summed E-state index contributed by atoms with van der Waals surface area (Å²) in [4.78, 5) is 65.1. The van der Waals surface area contributed by atoms with E-state index in [1.807, 2.05) is 6.07 Å². The molecule has 0 radical (unpaired) electrons. The van der Waals surface area contributed by atoms with Crippen LogP contribution in [0.2, 0.25) is 0 Å². The highest BCUT2D eigenvalue weighted by Crippen LogP contribution is 2.19. The molecule has 0 saturated heterocycles. The number of carbonyl (C=O) groups excluding carboxylic acids is 3. The highest BCUT2D eigenvalue weighted by atomic mass is 16.5. The minimum atomic E-state index is -0.752. The van der Waals surface area contributed by atoms with E-state index < -0.39 is 29.1 Å². The summed E-state index contributed by atoms with van der Waals surface area (Å²) in [5, 5.41) is 2.57. The van der Waals surface area contributed by atoms with Crippen LogP contribution in [0.15, 0.2) is 58.1 Å². The summed E-state index contributed by atoms with van der Waals surface area (Å²) in [6.07, 6.45) is 0. The highest BCUT2D eigenvalue weighted by Gasteiger charge is 2.20. The number of nitrogens with two attached hydrogens (primary N) is 1. The minimum absolute atomic E-state index is 0.0257. The Hall–Kier alpha value is -4.87. The van der Waals surface area contributed by atoms with Crippen LogP contribution < -0.4 is 27.2 Å². The van der Waals surface area contributed by atoms with Crippen molar-refractivity contribution in [2.45, 2.75) is 6.54 Å². The van der Waals surface area contributed by atoms with Gasteiger partial charge in [-0.15, -0.1) is 0 Å². The number of likely N-dealkylation sites (N-methyl/N-ethyl adjacent to an activating group) is 1. The minimum Gasteiger partial charge on any atom is -0.465 e. The number of H-pyrrole nitrogens is 1. The molecule has 3 rings (SSSR count). The predicted octanol–water partition coefficient (Wildman–Crippen LogP) is 0.815. The van der Waals surface area contributed by atoms with Gasteiger partial charge in [-0.3, -0.25) is 19.1 Å². The Bertz CT molecular complexity index is 1380. The lowest BCUT2D eigenvalue weighted by Gasteiger charge is -2.21. The number of carbonyl (C=O) groups is 3. The average Bonchev–Trinajstić information content (AvgIpc) is 2.85. The summed E-state index contributed by atoms with van der Waals surface area (Å²) in [6.45, 7) is -0.223. The number of ether oxygens (including phenoxy) is 2. The zero-order valence-corrected chi connectivity index (χ0v) is 19.9. The first kappa shape index (κ1) is 25.7. The molecule has 1 aromatic heterocycles. The van der Waals surface area contributed by atoms with E-state index in [1.54, 1.807) is 24.3 Å². The van der Waals surface area contributed by atoms with E-state index >= 15 is 0 Å². The maximum absolute atomic E-state index is 12.8. The number of rotatable bonds is 8. The average molecular weight is 495 g/mol. The van der Waals surface area contributed by atoms with Crippen LogP contribution >= 0.6 is 0 Å². The Labute approximate surface area is 205 Å². The number of benzene rings is 2. The van der Waals surface area contributed by atoms with Gasteiger partial charge in [0, 0.05) is 12.7 Å². The molecule has 0 atom stereocenters. The normalized spacial score (nSPS) is 10.4. The van der Waals surface area contributed by atoms with E-state index in [0.29, 0.717) is 0 Å². The van der Waals surface area contributed by atoms with Gasteiger partial charge < -0.3 is 25.4 Å². The van der Waals surface area contributed by atoms with Crippen LogP contribution in [0.4, 0.5) is 17.2 Å². The van der Waals surface area contributed by atoms with Crippen molar-refractivity contribution in [3.8, 4) is 0 Å². The number of methoxy groups -OCH3 is 2. The van der Waals surface area contributed by atoms with Gasteiger partial charge >= 0.3 is 17.6 Å². The van der Waals surface area contributed by atoms with E-state index in [1.165, 1.54) is 48.9 Å². The molecule has 36 heavy (non-hydrogen) atoms. The Morgan fingerprint density at radius 2 is 1.58 bits per heavy atom. The number of hydrogen-bond acceptors (Lipinski definition) is 9. The SMILES string of the molecule is COC(=O)c1cc(NC(=O)CN(C)c2c(N)n(Cc3ccccc3)c(=O)[nH]c2=O)cc(C(=O)OC)c1. The Balaban J connectivity index is 1.85. The standard InChI is InChI=1S/C24H25N5O7/c1-28(19-20(25)29(24(34)27-21(19)31)12-14-7-5-4-6-8-14)13-18(30)26-17-10-15(22(32)35-2)9-16(11-17)23(33)36-3/h4-11H,12-13,25H2,1-3H3,(H,26,30)(H,27,31,34). The fraction of sp³-hybridized carbons (Fsp3) is 0.208. The molecule has 0 fully saturated rings. The van der Waals surface area contributed by atoms with Gasteiger partial charge in [-0.05, 0) is 23.8 Å². The zero-order chi connectivity index (χ0) is 26.4. The number of nitrogens with zero attached hydrogens (tertiary/aromatic N) is 2. The van der Waals surface area contributed by atoms with Crippen LogP contribution in [0.5, 0.6) is 0 Å². The van der Waals surface area contributed by atoms with Crippen molar-refractivity contribution in [3.63, 3.8) is 0 Å². The third kappa shape index (κ3) is 5.78. The lowest BCUT2D eigenvalue weighted by molar-refractivity contribution is -0.114. The van der Waals surface area contributed by atoms with Gasteiger partial charge in [-0.2, -0.15) is 0 Å². The third-order valence-electron chi connectivity index (χ3n) is 5.22. The predicted molar refractivity (Wildman–Crippen MR) is 132 cm³/mol. The van der Waals surface area contributed by atoms with E-state index in [0.717, 1.165) is 5.56 Å². The molecule has 2 aromatic carbocycles. The fourth-order valence-electron chi connectivity index (χ4n) is 3.54. The van der Waals surface area contributed by atoms with Crippen LogP contribution in [-0.2, 0) is 20.8 Å². The number of hydrogen-bond donors (Lipinski definition) is 3. The van der Waals surface area contributed by atoms with E-state index in [-0.39, 0.29) is 41.4 Å². The smallest absolute Gasteiger partial charge is 0.337 e. The second-order valence-corrected chi connectivity index (χ2v) is 7.75. The number of aromatic amines is 1. The molecule has 3 aromatic rings. The molecule has 0 aliphatic heterocycles. The van der Waals surface area contributed by atoms with Gasteiger partial charge in [0.2, 0.25) is 5.91 Å². The molecule has 1 amide bonds. The van der Waals surface area contributed by atoms with Crippen molar-refractivity contribution in [2.24, 2.45) is 0 Å². The molecule has 0 unspecified atom stereocenters. The molecule has 0 aliphatic carbocycles. The summed E-state index contributed by atoms with van der Waals surface area (Å²) in [7, 11) is 3.82. The van der Waals surface area contributed by atoms with Gasteiger partial charge in [0.05, 0.1) is 38.4 Å². The highest BCUT2D eigenvalue weighted by molar-refractivity contribution is 6.00. The summed E-state index contributed by atoms with van der Waals surface area (Å²) < 4.78 is 10.6. The van der Waals surface area contributed by atoms with Crippen molar-refractivity contribution in [1.82, 2.24) is 9.55 Å². The van der Waals surface area contributed by atoms with Crippen LogP contribution in [0.3, 0.4) is 0 Å². The number of esters is 2. The molecule has 12 heteroatoms. The van der Waals surface area contributed by atoms with Crippen LogP contribution in [-0.4, -0.2) is 55.2 Å². The van der Waals surface area contributed by atoms with Crippen molar-refractivity contribution in [3.05, 3.63) is 86.1 Å². The topological polar surface area (TPSA) is 166 Å². The first-order chi connectivity index (χ1) is 17.1. The zero-order valence-electron chi connectivity index (χ0n) is 19.9. The lowest BCUT2D eigenvalue weighted by Crippen LogP contribution is -2.39. The number of nitrogens with one attached hydrogen (secondary N) is 2. The first-order valence-electron chi connectivity index (χ1n) is 10.6. The Morgan fingerprint density at radius 1 is 1.00 bits per heavy atom. The fourth-order valence-corrected chi connectivity index (χ4v) is 3.54. The van der Waals surface area contributed by atoms with Crippen molar-refractivity contribution >= 4 is 35.0 Å². The van der Waals surface area contributed by atoms with Crippen molar-refractivity contribution < 1.29 is 23.9 Å². The van der Waals surface area contributed by atoms with Crippen molar-refractivity contribution in [1.29, 1.82) is 0 Å². The summed E-state index contributed by atoms with van der Waals surface area (Å²) in [5.74, 6) is -2.12. The van der Waals surface area contributed by atoms with Gasteiger partial charge in [0.1, 0.15) is 11.5 Å². The van der Waals surface area contributed by atoms with E-state index in [2.05, 4.69) is 19.8 Å². The summed E-state index contributed by atoms with van der Waals surface area (Å²) in [5.41, 5.74) is 5.63. The first-order valence-corrected chi connectivity index (χ1v) is 10.6. The molecular weight excluding hydrogens is 470 g/mol. The molecule has 188 valence electrons. The molecule has 1 heterocycles. The molecule has 0 bridgehead atoms. The second-order valence-electron chi connectivity index (χ2n) is 7.75. The summed E-state index contributed by atoms with van der Waals surface area (Å²) >= 11 is 0. The van der Waals surface area contributed by atoms with Gasteiger partial charge in [-0.1, -0.05) is 30.3 Å². The maximum atomic E-state index is 12.8. The van der Waals surface area contributed by atoms with Crippen LogP contribution in [0.1, 0.15) is 26.3 Å². The largest absolute Gasteiger partial charge is 0.465 e. The number of anilines is 3. The third-order valence-corrected chi connectivity index (χ3v) is 5.22. The second kappa shape index (κ2) is 11.0. The van der Waals surface area contributed by atoms with Crippen LogP contribution in [0, 0.1) is 0 Å². The van der Waals surface area contributed by atoms with Gasteiger partial charge in [0.15, 0.2) is 0 Å². The lowest BCUT2D eigenvalue weighted by atomic mass is 10.1. The molecule has 4 N–H and O–H groups in total.